The van der Waals surface area contributed by atoms with Crippen molar-refractivity contribution in [1.29, 1.82) is 5.26 Å². The summed E-state index contributed by atoms with van der Waals surface area (Å²) in [5.41, 5.74) is 4.99. The number of ether oxygens (including phenoxy) is 2. The molecule has 0 radical (unpaired) electrons. The molecule has 5 rings (SSSR count). The SMILES string of the molecule is COC(=O)C1=C(C)NC2=C(C(=O)c3ccccc32)[C@H]1c1cc(Cl)c(OCc2ccccc2C#N)c(Cl)c1. The van der Waals surface area contributed by atoms with Crippen molar-refractivity contribution >= 4 is 40.7 Å². The summed E-state index contributed by atoms with van der Waals surface area (Å²) in [5, 5.41) is 13.0. The number of hydrogen-bond donors (Lipinski definition) is 1. The van der Waals surface area contributed by atoms with Crippen molar-refractivity contribution in [3.8, 4) is 11.8 Å². The molecule has 1 N–H and O–H groups in total. The van der Waals surface area contributed by atoms with E-state index in [9.17, 15) is 14.9 Å². The molecule has 6 nitrogen and oxygen atoms in total. The fourth-order valence-electron chi connectivity index (χ4n) is 4.83. The maximum atomic E-state index is 13.5. The van der Waals surface area contributed by atoms with Crippen molar-refractivity contribution in [3.63, 3.8) is 0 Å². The van der Waals surface area contributed by atoms with Gasteiger partial charge < -0.3 is 14.8 Å². The number of esters is 1. The molecule has 37 heavy (non-hydrogen) atoms. The predicted octanol–water partition coefficient (Wildman–Crippen LogP) is 6.19. The second-order valence-corrected chi connectivity index (χ2v) is 9.44. The van der Waals surface area contributed by atoms with Gasteiger partial charge in [0.1, 0.15) is 6.61 Å². The van der Waals surface area contributed by atoms with Crippen molar-refractivity contribution < 1.29 is 19.1 Å². The second-order valence-electron chi connectivity index (χ2n) is 8.62. The van der Waals surface area contributed by atoms with Gasteiger partial charge in [-0.25, -0.2) is 4.79 Å². The van der Waals surface area contributed by atoms with Gasteiger partial charge in [0.05, 0.1) is 40.1 Å². The molecule has 0 saturated carbocycles. The van der Waals surface area contributed by atoms with Crippen molar-refractivity contribution in [2.45, 2.75) is 19.4 Å². The number of carbonyl (C=O) groups excluding carboxylic acids is 2. The van der Waals surface area contributed by atoms with E-state index < -0.39 is 11.9 Å². The Morgan fingerprint density at radius 2 is 1.70 bits per heavy atom. The number of nitriles is 1. The zero-order chi connectivity index (χ0) is 26.3. The molecule has 0 fully saturated rings. The van der Waals surface area contributed by atoms with Crippen LogP contribution in [0.1, 0.15) is 45.5 Å². The summed E-state index contributed by atoms with van der Waals surface area (Å²) in [7, 11) is 1.30. The summed E-state index contributed by atoms with van der Waals surface area (Å²) in [6.07, 6.45) is 0. The van der Waals surface area contributed by atoms with Crippen LogP contribution in [-0.4, -0.2) is 18.9 Å². The van der Waals surface area contributed by atoms with Crippen LogP contribution in [0.4, 0.5) is 0 Å². The summed E-state index contributed by atoms with van der Waals surface area (Å²) in [6.45, 7) is 1.85. The summed E-state index contributed by atoms with van der Waals surface area (Å²) < 4.78 is 11.0. The van der Waals surface area contributed by atoms with Gasteiger partial charge in [-0.2, -0.15) is 5.26 Å². The first kappa shape index (κ1) is 24.6. The number of benzene rings is 3. The van der Waals surface area contributed by atoms with Gasteiger partial charge in [-0.15, -0.1) is 0 Å². The largest absolute Gasteiger partial charge is 0.486 e. The molecule has 0 aromatic heterocycles. The number of hydrogen-bond acceptors (Lipinski definition) is 6. The molecular formula is C29H20Cl2N2O4. The smallest absolute Gasteiger partial charge is 0.336 e. The van der Waals surface area contributed by atoms with E-state index >= 15 is 0 Å². The van der Waals surface area contributed by atoms with Crippen LogP contribution >= 0.6 is 23.2 Å². The molecule has 0 saturated heterocycles. The second kappa shape index (κ2) is 9.78. The van der Waals surface area contributed by atoms with E-state index in [1.54, 1.807) is 49.4 Å². The Morgan fingerprint density at radius 1 is 1.05 bits per heavy atom. The van der Waals surface area contributed by atoms with E-state index in [4.69, 9.17) is 32.7 Å². The zero-order valence-electron chi connectivity index (χ0n) is 19.9. The Labute approximate surface area is 223 Å². The molecule has 0 bridgehead atoms. The van der Waals surface area contributed by atoms with Crippen molar-refractivity contribution in [2.24, 2.45) is 0 Å². The number of rotatable bonds is 5. The fourth-order valence-corrected chi connectivity index (χ4v) is 5.45. The first-order valence-electron chi connectivity index (χ1n) is 11.4. The summed E-state index contributed by atoms with van der Waals surface area (Å²) >= 11 is 13.3. The number of Topliss-reactive ketones (excluding diaryl/α,β-unsaturated/α-hetero) is 1. The first-order valence-corrected chi connectivity index (χ1v) is 12.1. The van der Waals surface area contributed by atoms with Crippen LogP contribution in [-0.2, 0) is 16.1 Å². The van der Waals surface area contributed by atoms with E-state index in [1.165, 1.54) is 7.11 Å². The highest BCUT2D eigenvalue weighted by Crippen LogP contribution is 2.48. The molecule has 1 aliphatic heterocycles. The summed E-state index contributed by atoms with van der Waals surface area (Å²) in [4.78, 5) is 26.5. The number of nitrogens with one attached hydrogen (secondary N) is 1. The van der Waals surface area contributed by atoms with Crippen LogP contribution in [0.3, 0.4) is 0 Å². The monoisotopic (exact) mass is 530 g/mol. The average molecular weight is 531 g/mol. The normalized spacial score (nSPS) is 16.1. The molecule has 0 unspecified atom stereocenters. The molecular weight excluding hydrogens is 511 g/mol. The van der Waals surface area contributed by atoms with Gasteiger partial charge in [0.25, 0.3) is 0 Å². The number of nitrogens with zero attached hydrogens (tertiary/aromatic N) is 1. The van der Waals surface area contributed by atoms with Crippen molar-refractivity contribution in [1.82, 2.24) is 5.32 Å². The molecule has 3 aromatic rings. The molecule has 8 heteroatoms. The number of carbonyl (C=O) groups is 2. The lowest BCUT2D eigenvalue weighted by Gasteiger charge is -2.29. The van der Waals surface area contributed by atoms with Crippen LogP contribution in [0, 0.1) is 11.3 Å². The number of dihydropyridines is 1. The minimum atomic E-state index is -0.757. The lowest BCUT2D eigenvalue weighted by atomic mass is 9.80. The fraction of sp³-hybridized carbons (Fsp3) is 0.138. The van der Waals surface area contributed by atoms with E-state index in [-0.39, 0.29) is 28.2 Å². The Balaban J connectivity index is 1.58. The van der Waals surface area contributed by atoms with E-state index in [2.05, 4.69) is 11.4 Å². The molecule has 0 spiro atoms. The van der Waals surface area contributed by atoms with E-state index in [1.807, 2.05) is 18.2 Å². The van der Waals surface area contributed by atoms with Gasteiger partial charge in [-0.1, -0.05) is 65.7 Å². The van der Waals surface area contributed by atoms with Crippen molar-refractivity contribution in [2.75, 3.05) is 7.11 Å². The summed E-state index contributed by atoms with van der Waals surface area (Å²) in [6, 6.07) is 19.8. The Kier molecular flexibility index (Phi) is 6.51. The molecule has 3 aromatic carbocycles. The highest BCUT2D eigenvalue weighted by atomic mass is 35.5. The minimum absolute atomic E-state index is 0.0887. The van der Waals surface area contributed by atoms with Crippen LogP contribution in [0.2, 0.25) is 10.0 Å². The number of halogens is 2. The number of fused-ring (bicyclic) bond motifs is 2. The average Bonchev–Trinajstić information content (AvgIpc) is 3.18. The molecule has 1 atom stereocenters. The first-order chi connectivity index (χ1) is 17.8. The highest BCUT2D eigenvalue weighted by molar-refractivity contribution is 6.37. The van der Waals surface area contributed by atoms with Gasteiger partial charge in [0.15, 0.2) is 11.5 Å². The topological polar surface area (TPSA) is 88.4 Å². The van der Waals surface area contributed by atoms with Gasteiger partial charge in [0, 0.05) is 33.9 Å². The molecule has 2 aliphatic rings. The summed E-state index contributed by atoms with van der Waals surface area (Å²) in [5.74, 6) is -1.26. The number of methoxy groups -OCH3 is 1. The molecule has 1 heterocycles. The third kappa shape index (κ3) is 4.17. The molecule has 1 aliphatic carbocycles. The number of ketones is 1. The van der Waals surface area contributed by atoms with E-state index in [0.29, 0.717) is 44.8 Å². The maximum Gasteiger partial charge on any atom is 0.336 e. The Morgan fingerprint density at radius 3 is 2.38 bits per heavy atom. The van der Waals surface area contributed by atoms with E-state index in [0.717, 1.165) is 5.56 Å². The third-order valence-electron chi connectivity index (χ3n) is 6.52. The number of allylic oxidation sites excluding steroid dienone is 2. The minimum Gasteiger partial charge on any atom is -0.486 e. The van der Waals surface area contributed by atoms with Crippen LogP contribution < -0.4 is 10.1 Å². The maximum absolute atomic E-state index is 13.5. The highest BCUT2D eigenvalue weighted by Gasteiger charge is 2.43. The molecule has 184 valence electrons. The quantitative estimate of drug-likeness (QED) is 0.396. The zero-order valence-corrected chi connectivity index (χ0v) is 21.4. The lowest BCUT2D eigenvalue weighted by Crippen LogP contribution is -2.29. The molecule has 0 amide bonds. The Bertz CT molecular complexity index is 1560. The van der Waals surface area contributed by atoms with Gasteiger partial charge in [-0.05, 0) is 30.7 Å². The van der Waals surface area contributed by atoms with Crippen LogP contribution in [0.5, 0.6) is 5.75 Å². The van der Waals surface area contributed by atoms with Gasteiger partial charge in [0.2, 0.25) is 0 Å². The van der Waals surface area contributed by atoms with Crippen molar-refractivity contribution in [3.05, 3.63) is 115 Å². The van der Waals surface area contributed by atoms with Crippen LogP contribution in [0.15, 0.2) is 77.5 Å². The third-order valence-corrected chi connectivity index (χ3v) is 7.08. The lowest BCUT2D eigenvalue weighted by molar-refractivity contribution is -0.136. The predicted molar refractivity (Wildman–Crippen MR) is 140 cm³/mol. The standard InChI is InChI=1S/C29H20Cl2N2O4/c1-15-23(29(35)36-2)24(25-26(33-15)19-9-5-6-10-20(19)27(25)34)18-11-21(30)28(22(31)12-18)37-14-17-8-4-3-7-16(17)13-32/h3-12,24,33H,14H2,1-2H3/t24-/m0/s1. The van der Waals surface area contributed by atoms with Gasteiger partial charge >= 0.3 is 5.97 Å². The Hall–Kier alpha value is -4.05. The van der Waals surface area contributed by atoms with Gasteiger partial charge in [-0.3, -0.25) is 4.79 Å². The van der Waals surface area contributed by atoms with Crippen LogP contribution in [0.25, 0.3) is 5.70 Å².